The largest absolute Gasteiger partial charge is 0.389 e. The van der Waals surface area contributed by atoms with Crippen LogP contribution in [0.2, 0.25) is 5.02 Å². The molecule has 2 aromatic heterocycles. The van der Waals surface area contributed by atoms with Gasteiger partial charge in [-0.15, -0.1) is 0 Å². The minimum absolute atomic E-state index is 0.395. The molecule has 3 N–H and O–H groups in total. The quantitative estimate of drug-likeness (QED) is 0.346. The number of aromatic nitrogens is 2. The van der Waals surface area contributed by atoms with E-state index in [9.17, 15) is 9.67 Å². The third-order valence-corrected chi connectivity index (χ3v) is 7.85. The van der Waals surface area contributed by atoms with Crippen LogP contribution in [0.15, 0.2) is 54.9 Å². The van der Waals surface area contributed by atoms with Crippen LogP contribution in [0.5, 0.6) is 0 Å². The van der Waals surface area contributed by atoms with Gasteiger partial charge in [0.05, 0.1) is 22.5 Å². The summed E-state index contributed by atoms with van der Waals surface area (Å²) in [5, 5.41) is 18.0. The van der Waals surface area contributed by atoms with Gasteiger partial charge in [0.2, 0.25) is 0 Å². The summed E-state index contributed by atoms with van der Waals surface area (Å²) in [5.41, 5.74) is 1.94. The molecule has 9 heteroatoms. The van der Waals surface area contributed by atoms with Gasteiger partial charge < -0.3 is 20.3 Å². The Hall–Kier alpha value is -2.44. The van der Waals surface area contributed by atoms with Crippen LogP contribution in [-0.4, -0.2) is 58.5 Å². The molecular weight excluding hydrogens is 481 g/mol. The highest BCUT2D eigenvalue weighted by atomic mass is 35.5. The van der Waals surface area contributed by atoms with E-state index in [1.165, 1.54) is 5.56 Å². The summed E-state index contributed by atoms with van der Waals surface area (Å²) >= 11 is 6.43. The predicted octanol–water partition coefficient (Wildman–Crippen LogP) is 5.43. The predicted molar refractivity (Wildman–Crippen MR) is 146 cm³/mol. The number of β-amino-alcohol motifs (C(OH)–C–C–N with tert-alkyl or cyclic N) is 1. The highest BCUT2D eigenvalue weighted by Gasteiger charge is 2.28. The SMILES string of the molecule is CC(C)(O)CN1CCC(c2ccnc(Nc3cc(Nc4ccccc4P(C)(C)=O)c(Cl)cn3)c2)C1. The zero-order valence-corrected chi connectivity index (χ0v) is 22.3. The average molecular weight is 514 g/mol. The van der Waals surface area contributed by atoms with Gasteiger partial charge in [0.25, 0.3) is 0 Å². The number of hydrogen-bond donors (Lipinski definition) is 3. The van der Waals surface area contributed by atoms with Crippen molar-refractivity contribution >= 4 is 47.1 Å². The lowest BCUT2D eigenvalue weighted by molar-refractivity contribution is 0.0435. The van der Waals surface area contributed by atoms with Crippen molar-refractivity contribution < 1.29 is 9.67 Å². The van der Waals surface area contributed by atoms with Gasteiger partial charge in [-0.3, -0.25) is 4.90 Å². The van der Waals surface area contributed by atoms with Crippen molar-refractivity contribution in [2.45, 2.75) is 31.8 Å². The van der Waals surface area contributed by atoms with Gasteiger partial charge in [0.1, 0.15) is 18.8 Å². The lowest BCUT2D eigenvalue weighted by atomic mass is 9.99. The van der Waals surface area contributed by atoms with E-state index in [-0.39, 0.29) is 0 Å². The van der Waals surface area contributed by atoms with Gasteiger partial charge in [0.15, 0.2) is 0 Å². The maximum atomic E-state index is 12.7. The zero-order chi connectivity index (χ0) is 25.2. The van der Waals surface area contributed by atoms with Gasteiger partial charge in [-0.25, -0.2) is 9.97 Å². The molecule has 7 nitrogen and oxygen atoms in total. The van der Waals surface area contributed by atoms with E-state index < -0.39 is 12.7 Å². The minimum Gasteiger partial charge on any atom is -0.389 e. The maximum absolute atomic E-state index is 12.7. The summed E-state index contributed by atoms with van der Waals surface area (Å²) in [6, 6.07) is 13.5. The van der Waals surface area contributed by atoms with E-state index in [1.54, 1.807) is 19.5 Å². The van der Waals surface area contributed by atoms with Gasteiger partial charge >= 0.3 is 0 Å². The fraction of sp³-hybridized carbons (Fsp3) is 0.385. The Morgan fingerprint density at radius 1 is 1.11 bits per heavy atom. The Labute approximate surface area is 212 Å². The molecular formula is C26H33ClN5O2P. The lowest BCUT2D eigenvalue weighted by Crippen LogP contribution is -2.37. The number of anilines is 4. The normalized spacial score (nSPS) is 16.9. The number of halogens is 1. The maximum Gasteiger partial charge on any atom is 0.133 e. The first-order chi connectivity index (χ1) is 16.5. The van der Waals surface area contributed by atoms with Crippen LogP contribution in [0.4, 0.5) is 23.0 Å². The van der Waals surface area contributed by atoms with E-state index in [0.717, 1.165) is 30.5 Å². The monoisotopic (exact) mass is 513 g/mol. The first-order valence-electron chi connectivity index (χ1n) is 11.7. The van der Waals surface area contributed by atoms with Gasteiger partial charge in [-0.1, -0.05) is 23.7 Å². The summed E-state index contributed by atoms with van der Waals surface area (Å²) in [5.74, 6) is 1.70. The molecule has 0 spiro atoms. The van der Waals surface area contributed by atoms with Crippen LogP contribution in [0.3, 0.4) is 0 Å². The van der Waals surface area contributed by atoms with Crippen LogP contribution in [0, 0.1) is 0 Å². The molecule has 1 aliphatic heterocycles. The van der Waals surface area contributed by atoms with Crippen molar-refractivity contribution in [3.63, 3.8) is 0 Å². The molecule has 1 saturated heterocycles. The van der Waals surface area contributed by atoms with Gasteiger partial charge in [-0.05, 0) is 75.9 Å². The first-order valence-corrected chi connectivity index (χ1v) is 14.7. The van der Waals surface area contributed by atoms with E-state index >= 15 is 0 Å². The number of pyridine rings is 2. The number of likely N-dealkylation sites (tertiary alicyclic amines) is 1. The van der Waals surface area contributed by atoms with E-state index in [1.807, 2.05) is 50.4 Å². The first kappa shape index (κ1) is 25.6. The molecule has 0 bridgehead atoms. The number of hydrogen-bond acceptors (Lipinski definition) is 7. The Bertz CT molecular complexity index is 1240. The summed E-state index contributed by atoms with van der Waals surface area (Å²) in [6.07, 6.45) is 4.44. The fourth-order valence-corrected chi connectivity index (χ4v) is 5.80. The average Bonchev–Trinajstić information content (AvgIpc) is 3.23. The molecule has 0 radical (unpaired) electrons. The molecule has 1 aromatic carbocycles. The summed E-state index contributed by atoms with van der Waals surface area (Å²) in [4.78, 5) is 11.2. The molecule has 0 aliphatic carbocycles. The van der Waals surface area contributed by atoms with Crippen molar-refractivity contribution in [2.75, 3.05) is 43.6 Å². The van der Waals surface area contributed by atoms with E-state index in [4.69, 9.17) is 11.6 Å². The molecule has 1 atom stereocenters. The third kappa shape index (κ3) is 6.83. The van der Waals surface area contributed by atoms with Crippen LogP contribution >= 0.6 is 18.7 Å². The number of benzene rings is 1. The second-order valence-electron chi connectivity index (χ2n) is 10.2. The highest BCUT2D eigenvalue weighted by molar-refractivity contribution is 7.70. The molecule has 186 valence electrons. The highest BCUT2D eigenvalue weighted by Crippen LogP contribution is 2.39. The Kier molecular flexibility index (Phi) is 7.53. The molecule has 0 amide bonds. The zero-order valence-electron chi connectivity index (χ0n) is 20.6. The number of rotatable bonds is 8. The standard InChI is InChI=1S/C26H33ClN5O2P/c1-26(2,33)17-32-12-10-19(16-32)18-9-11-28-24(13-18)31-25-14-22(20(27)15-29-25)30-21-7-5-6-8-23(21)35(3,4)34/h5-9,11,13-15,19,33H,10,12,16-17H2,1-4H3,(H2,28,29,30,31). The molecule has 35 heavy (non-hydrogen) atoms. The number of para-hydroxylation sites is 1. The molecule has 1 fully saturated rings. The molecule has 0 saturated carbocycles. The molecule has 1 unspecified atom stereocenters. The van der Waals surface area contributed by atoms with Crippen LogP contribution in [0.25, 0.3) is 0 Å². The topological polar surface area (TPSA) is 90.4 Å². The van der Waals surface area contributed by atoms with E-state index in [0.29, 0.717) is 34.8 Å². The lowest BCUT2D eigenvalue weighted by Gasteiger charge is -2.25. The summed E-state index contributed by atoms with van der Waals surface area (Å²) < 4.78 is 12.7. The van der Waals surface area contributed by atoms with Gasteiger partial charge in [0, 0.05) is 36.3 Å². The summed E-state index contributed by atoms with van der Waals surface area (Å²) in [7, 11) is -2.47. The van der Waals surface area contributed by atoms with Crippen molar-refractivity contribution in [3.05, 3.63) is 65.4 Å². The summed E-state index contributed by atoms with van der Waals surface area (Å²) in [6.45, 7) is 9.75. The van der Waals surface area contributed by atoms with Crippen LogP contribution < -0.4 is 15.9 Å². The van der Waals surface area contributed by atoms with Crippen molar-refractivity contribution in [1.29, 1.82) is 0 Å². The van der Waals surface area contributed by atoms with Gasteiger partial charge in [-0.2, -0.15) is 0 Å². The third-order valence-electron chi connectivity index (χ3n) is 6.00. The van der Waals surface area contributed by atoms with Crippen molar-refractivity contribution in [3.8, 4) is 0 Å². The minimum atomic E-state index is -2.47. The van der Waals surface area contributed by atoms with Crippen molar-refractivity contribution in [2.24, 2.45) is 0 Å². The smallest absolute Gasteiger partial charge is 0.133 e. The number of aliphatic hydroxyl groups is 1. The molecule has 1 aliphatic rings. The Morgan fingerprint density at radius 3 is 2.60 bits per heavy atom. The van der Waals surface area contributed by atoms with Crippen LogP contribution in [0.1, 0.15) is 31.7 Å². The Morgan fingerprint density at radius 2 is 1.86 bits per heavy atom. The number of nitrogens with zero attached hydrogens (tertiary/aromatic N) is 3. The van der Waals surface area contributed by atoms with Crippen LogP contribution in [-0.2, 0) is 4.57 Å². The fourth-order valence-electron chi connectivity index (χ4n) is 4.49. The second kappa shape index (κ2) is 10.3. The Balaban J connectivity index is 1.50. The number of nitrogens with one attached hydrogen (secondary N) is 2. The second-order valence-corrected chi connectivity index (χ2v) is 13.8. The molecule has 4 rings (SSSR count). The van der Waals surface area contributed by atoms with Crippen molar-refractivity contribution in [1.82, 2.24) is 14.9 Å². The molecule has 3 aromatic rings. The molecule has 3 heterocycles. The van der Waals surface area contributed by atoms with E-state index in [2.05, 4.69) is 37.6 Å².